The van der Waals surface area contributed by atoms with Crippen LogP contribution in [0.1, 0.15) is 41.5 Å². The minimum Gasteiger partial charge on any atom is -0.349 e. The number of anilines is 1. The van der Waals surface area contributed by atoms with Crippen LogP contribution in [-0.4, -0.2) is 11.8 Å². The summed E-state index contributed by atoms with van der Waals surface area (Å²) in [7, 11) is 0. The molecule has 30 heavy (non-hydrogen) atoms. The Morgan fingerprint density at radius 3 is 2.47 bits per heavy atom. The quantitative estimate of drug-likeness (QED) is 0.517. The fraction of sp³-hybridized carbons (Fsp3) is 0.200. The van der Waals surface area contributed by atoms with Gasteiger partial charge in [0.2, 0.25) is 11.8 Å². The minimum absolute atomic E-state index is 0.119. The van der Waals surface area contributed by atoms with E-state index in [9.17, 15) is 9.59 Å². The first kappa shape index (κ1) is 20.4. The van der Waals surface area contributed by atoms with Crippen LogP contribution in [0.25, 0.3) is 0 Å². The molecule has 2 amide bonds. The SMILES string of the molecule is O=C1CC(C(=O)NC(CCc2ccccc2)c2ccccc2)c2cc(Br)ccc2N1. The second-order valence-electron chi connectivity index (χ2n) is 7.53. The van der Waals surface area contributed by atoms with Gasteiger partial charge >= 0.3 is 0 Å². The molecule has 5 heteroatoms. The van der Waals surface area contributed by atoms with E-state index < -0.39 is 5.92 Å². The third kappa shape index (κ3) is 4.79. The predicted molar refractivity (Wildman–Crippen MR) is 122 cm³/mol. The van der Waals surface area contributed by atoms with E-state index in [1.165, 1.54) is 5.56 Å². The summed E-state index contributed by atoms with van der Waals surface area (Å²) < 4.78 is 0.888. The number of hydrogen-bond donors (Lipinski definition) is 2. The maximum absolute atomic E-state index is 13.3. The van der Waals surface area contributed by atoms with Crippen molar-refractivity contribution in [3.05, 3.63) is 100 Å². The summed E-state index contributed by atoms with van der Waals surface area (Å²) in [5.74, 6) is -0.758. The van der Waals surface area contributed by atoms with Crippen molar-refractivity contribution in [2.24, 2.45) is 0 Å². The summed E-state index contributed by atoms with van der Waals surface area (Å²) in [4.78, 5) is 25.5. The Labute approximate surface area is 184 Å². The Kier molecular flexibility index (Phi) is 6.29. The van der Waals surface area contributed by atoms with Gasteiger partial charge < -0.3 is 10.6 Å². The maximum atomic E-state index is 13.3. The zero-order valence-corrected chi connectivity index (χ0v) is 18.1. The van der Waals surface area contributed by atoms with Crippen LogP contribution in [-0.2, 0) is 16.0 Å². The van der Waals surface area contributed by atoms with Gasteiger partial charge in [-0.2, -0.15) is 0 Å². The average molecular weight is 463 g/mol. The summed E-state index contributed by atoms with van der Waals surface area (Å²) in [6.07, 6.45) is 1.79. The fourth-order valence-electron chi connectivity index (χ4n) is 3.90. The van der Waals surface area contributed by atoms with Crippen LogP contribution in [0.4, 0.5) is 5.69 Å². The Bertz CT molecular complexity index is 1040. The maximum Gasteiger partial charge on any atom is 0.228 e. The second-order valence-corrected chi connectivity index (χ2v) is 8.45. The number of amides is 2. The third-order valence-electron chi connectivity index (χ3n) is 5.45. The molecule has 0 spiro atoms. The summed E-state index contributed by atoms with van der Waals surface area (Å²) in [6, 6.07) is 25.8. The van der Waals surface area contributed by atoms with Crippen molar-refractivity contribution in [2.45, 2.75) is 31.2 Å². The van der Waals surface area contributed by atoms with Crippen LogP contribution >= 0.6 is 15.9 Å². The monoisotopic (exact) mass is 462 g/mol. The largest absolute Gasteiger partial charge is 0.349 e. The molecule has 0 fully saturated rings. The molecule has 2 atom stereocenters. The summed E-state index contributed by atoms with van der Waals surface area (Å²) >= 11 is 3.48. The molecule has 0 saturated heterocycles. The van der Waals surface area contributed by atoms with Crippen molar-refractivity contribution in [1.82, 2.24) is 5.32 Å². The van der Waals surface area contributed by atoms with Crippen molar-refractivity contribution < 1.29 is 9.59 Å². The van der Waals surface area contributed by atoms with Gasteiger partial charge in [0, 0.05) is 16.6 Å². The first-order chi connectivity index (χ1) is 14.6. The molecule has 2 unspecified atom stereocenters. The van der Waals surface area contributed by atoms with Crippen molar-refractivity contribution in [1.29, 1.82) is 0 Å². The van der Waals surface area contributed by atoms with Gasteiger partial charge in [0.15, 0.2) is 0 Å². The number of rotatable bonds is 6. The molecule has 152 valence electrons. The first-order valence-corrected chi connectivity index (χ1v) is 10.9. The first-order valence-electron chi connectivity index (χ1n) is 10.1. The molecule has 0 bridgehead atoms. The van der Waals surface area contributed by atoms with E-state index in [2.05, 4.69) is 38.7 Å². The van der Waals surface area contributed by atoms with E-state index in [1.807, 2.05) is 66.7 Å². The van der Waals surface area contributed by atoms with Crippen LogP contribution in [0.5, 0.6) is 0 Å². The van der Waals surface area contributed by atoms with Crippen molar-refractivity contribution >= 4 is 33.4 Å². The van der Waals surface area contributed by atoms with E-state index in [0.29, 0.717) is 5.69 Å². The molecular weight excluding hydrogens is 440 g/mol. The molecule has 0 saturated carbocycles. The Morgan fingerprint density at radius 2 is 1.73 bits per heavy atom. The van der Waals surface area contributed by atoms with Gasteiger partial charge in [-0.15, -0.1) is 0 Å². The summed E-state index contributed by atoms with van der Waals surface area (Å²) in [5.41, 5.74) is 3.85. The average Bonchev–Trinajstić information content (AvgIpc) is 2.77. The Morgan fingerprint density at radius 1 is 1.03 bits per heavy atom. The molecule has 0 aromatic heterocycles. The lowest BCUT2D eigenvalue weighted by atomic mass is 9.89. The van der Waals surface area contributed by atoms with Crippen LogP contribution in [0.2, 0.25) is 0 Å². The molecule has 4 rings (SSSR count). The lowest BCUT2D eigenvalue weighted by Crippen LogP contribution is -2.37. The normalized spacial score (nSPS) is 16.3. The van der Waals surface area contributed by atoms with Gasteiger partial charge in [0.1, 0.15) is 0 Å². The van der Waals surface area contributed by atoms with E-state index in [1.54, 1.807) is 0 Å². The number of aryl methyl sites for hydroxylation is 1. The third-order valence-corrected chi connectivity index (χ3v) is 5.95. The number of halogens is 1. The van der Waals surface area contributed by atoms with E-state index in [0.717, 1.165) is 28.4 Å². The van der Waals surface area contributed by atoms with E-state index >= 15 is 0 Å². The molecule has 3 aromatic carbocycles. The molecular formula is C25H23BrN2O2. The standard InChI is InChI=1S/C25H23BrN2O2/c26-19-12-14-23-20(15-19)21(16-24(29)27-23)25(30)28-22(18-9-5-2-6-10-18)13-11-17-7-3-1-4-8-17/h1-10,12,14-15,21-22H,11,13,16H2,(H,27,29)(H,28,30). The smallest absolute Gasteiger partial charge is 0.228 e. The Balaban J connectivity index is 1.56. The van der Waals surface area contributed by atoms with Crippen LogP contribution < -0.4 is 10.6 Å². The Hall–Kier alpha value is -2.92. The number of hydrogen-bond acceptors (Lipinski definition) is 2. The number of carbonyl (C=O) groups excluding carboxylic acids is 2. The van der Waals surface area contributed by atoms with Gasteiger partial charge in [-0.05, 0) is 47.7 Å². The zero-order valence-electron chi connectivity index (χ0n) is 16.5. The summed E-state index contributed by atoms with van der Waals surface area (Å²) in [5, 5.41) is 6.08. The summed E-state index contributed by atoms with van der Waals surface area (Å²) in [6.45, 7) is 0. The number of benzene rings is 3. The van der Waals surface area contributed by atoms with E-state index in [-0.39, 0.29) is 24.3 Å². The molecule has 3 aromatic rings. The van der Waals surface area contributed by atoms with Crippen molar-refractivity contribution in [3.63, 3.8) is 0 Å². The van der Waals surface area contributed by atoms with Crippen LogP contribution in [0.15, 0.2) is 83.3 Å². The minimum atomic E-state index is -0.505. The molecule has 4 nitrogen and oxygen atoms in total. The highest BCUT2D eigenvalue weighted by molar-refractivity contribution is 9.10. The van der Waals surface area contributed by atoms with Gasteiger partial charge in [-0.3, -0.25) is 9.59 Å². The van der Waals surface area contributed by atoms with Gasteiger partial charge in [-0.1, -0.05) is 76.6 Å². The van der Waals surface area contributed by atoms with Crippen LogP contribution in [0.3, 0.4) is 0 Å². The molecule has 2 N–H and O–H groups in total. The number of fused-ring (bicyclic) bond motifs is 1. The molecule has 0 radical (unpaired) electrons. The molecule has 1 aliphatic rings. The van der Waals surface area contributed by atoms with Gasteiger partial charge in [-0.25, -0.2) is 0 Å². The fourth-order valence-corrected chi connectivity index (χ4v) is 4.28. The zero-order chi connectivity index (χ0) is 20.9. The topological polar surface area (TPSA) is 58.2 Å². The lowest BCUT2D eigenvalue weighted by molar-refractivity contribution is -0.127. The molecule has 1 heterocycles. The highest BCUT2D eigenvalue weighted by Crippen LogP contribution is 2.35. The number of nitrogens with one attached hydrogen (secondary N) is 2. The highest BCUT2D eigenvalue weighted by atomic mass is 79.9. The highest BCUT2D eigenvalue weighted by Gasteiger charge is 2.32. The lowest BCUT2D eigenvalue weighted by Gasteiger charge is -2.28. The number of carbonyl (C=O) groups is 2. The molecule has 0 aliphatic carbocycles. The van der Waals surface area contributed by atoms with Crippen LogP contribution in [0, 0.1) is 0 Å². The van der Waals surface area contributed by atoms with Crippen molar-refractivity contribution in [2.75, 3.05) is 5.32 Å². The van der Waals surface area contributed by atoms with Gasteiger partial charge in [0.05, 0.1) is 12.0 Å². The molecule has 1 aliphatic heterocycles. The van der Waals surface area contributed by atoms with E-state index in [4.69, 9.17) is 0 Å². The van der Waals surface area contributed by atoms with Gasteiger partial charge in [0.25, 0.3) is 0 Å². The van der Waals surface area contributed by atoms with Crippen molar-refractivity contribution in [3.8, 4) is 0 Å². The second kappa shape index (κ2) is 9.26. The predicted octanol–water partition coefficient (Wildman–Crippen LogP) is 5.37.